The Morgan fingerprint density at radius 2 is 1.83 bits per heavy atom. The van der Waals surface area contributed by atoms with Crippen molar-refractivity contribution in [3.63, 3.8) is 0 Å². The van der Waals surface area contributed by atoms with Gasteiger partial charge in [0.05, 0.1) is 36.8 Å². The van der Waals surface area contributed by atoms with Crippen molar-refractivity contribution in [1.82, 2.24) is 0 Å². The molecule has 2 heterocycles. The summed E-state index contributed by atoms with van der Waals surface area (Å²) in [5.74, 6) is -5.52. The molecule has 0 radical (unpaired) electrons. The van der Waals surface area contributed by atoms with Crippen molar-refractivity contribution in [2.75, 3.05) is 30.5 Å². The van der Waals surface area contributed by atoms with Crippen LogP contribution in [0.3, 0.4) is 0 Å². The number of rotatable bonds is 7. The molecule has 3 aromatic carbocycles. The number of hydrogen-bond donors (Lipinski definition) is 1. The van der Waals surface area contributed by atoms with Gasteiger partial charge in [-0.1, -0.05) is 18.2 Å². The van der Waals surface area contributed by atoms with Gasteiger partial charge < -0.3 is 19.5 Å². The molecule has 2 aliphatic rings. The first-order chi connectivity index (χ1) is 19.9. The van der Waals surface area contributed by atoms with Gasteiger partial charge in [-0.15, -0.1) is 0 Å². The summed E-state index contributed by atoms with van der Waals surface area (Å²) < 4.78 is 85.5. The van der Waals surface area contributed by atoms with Crippen molar-refractivity contribution in [2.45, 2.75) is 24.6 Å². The molecule has 3 aromatic rings. The lowest BCUT2D eigenvalue weighted by molar-refractivity contribution is -0.386. The second-order valence-corrected chi connectivity index (χ2v) is 9.40. The summed E-state index contributed by atoms with van der Waals surface area (Å²) in [5, 5.41) is 13.9. The summed E-state index contributed by atoms with van der Waals surface area (Å²) in [6, 6.07) is 7.84. The number of hydrogen-bond acceptors (Lipinski definition) is 8. The number of halogens is 5. The summed E-state index contributed by atoms with van der Waals surface area (Å²) in [6.45, 7) is -0.364. The molecular weight excluding hydrogens is 573 g/mol. The van der Waals surface area contributed by atoms with Crippen LogP contribution in [-0.2, 0) is 14.3 Å². The predicted octanol–water partition coefficient (Wildman–Crippen LogP) is 5.68. The lowest BCUT2D eigenvalue weighted by atomic mass is 9.97. The van der Waals surface area contributed by atoms with E-state index in [9.17, 15) is 41.7 Å². The number of nitro groups is 1. The predicted molar refractivity (Wildman–Crippen MR) is 136 cm³/mol. The molecule has 0 bridgehead atoms. The lowest BCUT2D eigenvalue weighted by Crippen LogP contribution is -2.44. The van der Waals surface area contributed by atoms with E-state index in [-0.39, 0.29) is 41.5 Å². The third-order valence-electron chi connectivity index (χ3n) is 6.84. The second kappa shape index (κ2) is 10.8. The van der Waals surface area contributed by atoms with Crippen molar-refractivity contribution in [3.05, 3.63) is 81.4 Å². The summed E-state index contributed by atoms with van der Waals surface area (Å²) in [4.78, 5) is 35.3. The Morgan fingerprint density at radius 3 is 2.52 bits per heavy atom. The minimum absolute atomic E-state index is 0.0129. The Labute approximate surface area is 233 Å². The molecule has 0 aromatic heterocycles. The van der Waals surface area contributed by atoms with Crippen LogP contribution in [0, 0.1) is 21.7 Å². The van der Waals surface area contributed by atoms with E-state index < -0.39 is 64.6 Å². The second-order valence-electron chi connectivity index (χ2n) is 9.40. The van der Waals surface area contributed by atoms with Gasteiger partial charge in [0.15, 0.2) is 0 Å². The molecule has 0 saturated carbocycles. The highest BCUT2D eigenvalue weighted by molar-refractivity contribution is 5.98. The largest absolute Gasteiger partial charge is 0.493 e. The quantitative estimate of drug-likeness (QED) is 0.161. The van der Waals surface area contributed by atoms with E-state index in [4.69, 9.17) is 9.47 Å². The lowest BCUT2D eigenvalue weighted by Gasteiger charge is -2.29. The number of ether oxygens (including phenoxy) is 3. The molecule has 15 heteroatoms. The van der Waals surface area contributed by atoms with E-state index in [1.54, 1.807) is 0 Å². The monoisotopic (exact) mass is 593 g/mol. The molecule has 2 atom stereocenters. The summed E-state index contributed by atoms with van der Waals surface area (Å²) in [7, 11) is 1.23. The Bertz CT molecular complexity index is 1600. The number of anilines is 3. The summed E-state index contributed by atoms with van der Waals surface area (Å²) >= 11 is 0. The maximum Gasteiger partial charge on any atom is 0.471 e. The Kier molecular flexibility index (Phi) is 7.34. The van der Waals surface area contributed by atoms with Gasteiger partial charge in [-0.25, -0.2) is 4.39 Å². The maximum atomic E-state index is 14.2. The molecule has 1 amide bonds. The molecule has 0 spiro atoms. The van der Waals surface area contributed by atoms with Crippen LogP contribution in [0.15, 0.2) is 48.5 Å². The zero-order chi connectivity index (χ0) is 30.3. The van der Waals surface area contributed by atoms with E-state index in [0.717, 1.165) is 0 Å². The topological polar surface area (TPSA) is 120 Å². The molecule has 1 N–H and O–H groups in total. The zero-order valence-corrected chi connectivity index (χ0v) is 21.5. The van der Waals surface area contributed by atoms with E-state index in [1.807, 2.05) is 0 Å². The number of amides is 1. The van der Waals surface area contributed by atoms with Gasteiger partial charge >= 0.3 is 23.7 Å². The number of methoxy groups -OCH3 is 1. The van der Waals surface area contributed by atoms with Crippen LogP contribution in [0.4, 0.5) is 44.7 Å². The molecule has 0 saturated heterocycles. The molecular formula is C27H20F5N3O7. The highest BCUT2D eigenvalue weighted by Crippen LogP contribution is 2.47. The number of carbonyl (C=O) groups is 2. The number of benzene rings is 3. The number of nitro benzene ring substituents is 1. The summed E-state index contributed by atoms with van der Waals surface area (Å²) in [5.41, 5.74) is -1.16. The van der Waals surface area contributed by atoms with E-state index in [1.165, 1.54) is 43.5 Å². The van der Waals surface area contributed by atoms with Crippen LogP contribution in [0.1, 0.15) is 29.5 Å². The van der Waals surface area contributed by atoms with Crippen LogP contribution < -0.4 is 19.7 Å². The smallest absolute Gasteiger partial charge is 0.471 e. The van der Waals surface area contributed by atoms with Gasteiger partial charge in [0.1, 0.15) is 29.6 Å². The Hall–Kier alpha value is -4.95. The van der Waals surface area contributed by atoms with E-state index in [0.29, 0.717) is 22.6 Å². The van der Waals surface area contributed by atoms with Crippen LogP contribution in [-0.4, -0.2) is 43.3 Å². The van der Waals surface area contributed by atoms with Gasteiger partial charge in [-0.2, -0.15) is 17.6 Å². The maximum absolute atomic E-state index is 14.2. The molecule has 2 aliphatic heterocycles. The van der Waals surface area contributed by atoms with Crippen LogP contribution in [0.25, 0.3) is 0 Å². The van der Waals surface area contributed by atoms with Crippen molar-refractivity contribution in [1.29, 1.82) is 0 Å². The van der Waals surface area contributed by atoms with Crippen LogP contribution >= 0.6 is 0 Å². The number of nitrogens with zero attached hydrogens (tertiary/aromatic N) is 2. The fourth-order valence-corrected chi connectivity index (χ4v) is 4.98. The third-order valence-corrected chi connectivity index (χ3v) is 6.84. The molecule has 0 unspecified atom stereocenters. The van der Waals surface area contributed by atoms with Gasteiger partial charge in [0, 0.05) is 40.9 Å². The first kappa shape index (κ1) is 28.6. The highest BCUT2D eigenvalue weighted by atomic mass is 19.4. The minimum atomic E-state index is -5.29. The minimum Gasteiger partial charge on any atom is -0.493 e. The third kappa shape index (κ3) is 5.24. The van der Waals surface area contributed by atoms with E-state index >= 15 is 0 Å². The van der Waals surface area contributed by atoms with E-state index in [2.05, 4.69) is 10.1 Å². The van der Waals surface area contributed by atoms with Crippen molar-refractivity contribution in [3.8, 4) is 11.5 Å². The number of para-hydroxylation sites is 1. The average Bonchev–Trinajstić information content (AvgIpc) is 3.52. The molecule has 5 rings (SSSR count). The van der Waals surface area contributed by atoms with Gasteiger partial charge in [0.25, 0.3) is 0 Å². The van der Waals surface area contributed by atoms with Gasteiger partial charge in [0.2, 0.25) is 5.82 Å². The summed E-state index contributed by atoms with van der Waals surface area (Å²) in [6.07, 6.45) is -5.30. The molecule has 220 valence electrons. The van der Waals surface area contributed by atoms with Crippen LogP contribution in [0.2, 0.25) is 0 Å². The van der Waals surface area contributed by atoms with Gasteiger partial charge in [-0.3, -0.25) is 24.6 Å². The van der Waals surface area contributed by atoms with Crippen molar-refractivity contribution in [2.24, 2.45) is 0 Å². The zero-order valence-electron chi connectivity index (χ0n) is 21.5. The number of nitrogens with one attached hydrogen (secondary N) is 1. The fourth-order valence-electron chi connectivity index (χ4n) is 4.98. The Balaban J connectivity index is 1.53. The molecule has 10 nitrogen and oxygen atoms in total. The standard InChI is InChI=1S/C27H20F5N3O7/c1-40-23(36)7-13-11-41-22-10-15(5-6-16(13)22)34(26(37)27(30,31)32)21-12-42-25-17(21)3-2-4-19(25)33-20-9-14(28)8-18(29)24(20)35(38)39/h2-6,8-10,13,21,33H,7,11-12H2,1H3/t13-,21-/m1/s1. The molecule has 0 aliphatic carbocycles. The molecule has 42 heavy (non-hydrogen) atoms. The first-order valence-electron chi connectivity index (χ1n) is 12.3. The fraction of sp³-hybridized carbons (Fsp3) is 0.259. The normalized spacial score (nSPS) is 17.0. The first-order valence-corrected chi connectivity index (χ1v) is 12.3. The highest BCUT2D eigenvalue weighted by Gasteiger charge is 2.48. The number of esters is 1. The number of fused-ring (bicyclic) bond motifs is 2. The molecule has 0 fully saturated rings. The van der Waals surface area contributed by atoms with Crippen molar-refractivity contribution < 1.29 is 50.7 Å². The van der Waals surface area contributed by atoms with Crippen LogP contribution in [0.5, 0.6) is 11.5 Å². The number of carbonyl (C=O) groups excluding carboxylic acids is 2. The van der Waals surface area contributed by atoms with Crippen molar-refractivity contribution >= 4 is 34.6 Å². The SMILES string of the molecule is COC(=O)C[C@@H]1COc2cc(N(C(=O)C(F)(F)F)[C@@H]3COc4c(Nc5cc(F)cc(F)c5[N+](=O)[O-])cccc43)ccc21. The Morgan fingerprint density at radius 1 is 1.07 bits per heavy atom. The average molecular weight is 593 g/mol. The number of alkyl halides is 3. The van der Waals surface area contributed by atoms with Gasteiger partial charge in [-0.05, 0) is 12.1 Å².